The van der Waals surface area contributed by atoms with Crippen molar-refractivity contribution in [3.8, 4) is 0 Å². The fourth-order valence-corrected chi connectivity index (χ4v) is 3.87. The highest BCUT2D eigenvalue weighted by Gasteiger charge is 2.34. The van der Waals surface area contributed by atoms with E-state index in [2.05, 4.69) is 10.3 Å². The SMILES string of the molecule is O=C(NCCc1c[nH]c2ccc(Cl)cc12)[C@H]1CC(=O)N(c2ccc(Cl)cc2)C1. The highest BCUT2D eigenvalue weighted by atomic mass is 35.5. The van der Waals surface area contributed by atoms with Gasteiger partial charge in [-0.25, -0.2) is 0 Å². The summed E-state index contributed by atoms with van der Waals surface area (Å²) in [5.41, 5.74) is 2.88. The Bertz CT molecular complexity index is 1030. The van der Waals surface area contributed by atoms with Gasteiger partial charge in [0.05, 0.1) is 5.92 Å². The summed E-state index contributed by atoms with van der Waals surface area (Å²) in [5.74, 6) is -0.489. The van der Waals surface area contributed by atoms with Crippen LogP contribution in [0.3, 0.4) is 0 Å². The van der Waals surface area contributed by atoms with Gasteiger partial charge in [0.25, 0.3) is 0 Å². The van der Waals surface area contributed by atoms with E-state index in [0.717, 1.165) is 22.2 Å². The molecule has 3 aromatic rings. The van der Waals surface area contributed by atoms with Crippen molar-refractivity contribution >= 4 is 51.6 Å². The molecule has 2 N–H and O–H groups in total. The summed E-state index contributed by atoms with van der Waals surface area (Å²) in [7, 11) is 0. The normalized spacial score (nSPS) is 16.7. The zero-order valence-corrected chi connectivity index (χ0v) is 16.6. The zero-order chi connectivity index (χ0) is 19.7. The van der Waals surface area contributed by atoms with E-state index in [0.29, 0.717) is 29.6 Å². The Morgan fingerprint density at radius 1 is 1.14 bits per heavy atom. The molecule has 2 heterocycles. The van der Waals surface area contributed by atoms with Crippen molar-refractivity contribution in [1.82, 2.24) is 10.3 Å². The summed E-state index contributed by atoms with van der Waals surface area (Å²) < 4.78 is 0. The van der Waals surface area contributed by atoms with Gasteiger partial charge in [0.15, 0.2) is 0 Å². The van der Waals surface area contributed by atoms with E-state index >= 15 is 0 Å². The van der Waals surface area contributed by atoms with Gasteiger partial charge in [-0.05, 0) is 54.4 Å². The molecular formula is C21H19Cl2N3O2. The number of aromatic amines is 1. The summed E-state index contributed by atoms with van der Waals surface area (Å²) in [6, 6.07) is 12.8. The smallest absolute Gasteiger partial charge is 0.227 e. The first-order chi connectivity index (χ1) is 13.5. The molecule has 28 heavy (non-hydrogen) atoms. The number of aromatic nitrogens is 1. The number of carbonyl (C=O) groups excluding carboxylic acids is 2. The Morgan fingerprint density at radius 2 is 1.89 bits per heavy atom. The van der Waals surface area contributed by atoms with Crippen LogP contribution in [0.5, 0.6) is 0 Å². The molecule has 0 saturated carbocycles. The van der Waals surface area contributed by atoms with Gasteiger partial charge < -0.3 is 15.2 Å². The number of carbonyl (C=O) groups is 2. The van der Waals surface area contributed by atoms with Crippen LogP contribution in [0, 0.1) is 5.92 Å². The van der Waals surface area contributed by atoms with Gasteiger partial charge in [-0.1, -0.05) is 23.2 Å². The second kappa shape index (κ2) is 7.86. The summed E-state index contributed by atoms with van der Waals surface area (Å²) in [6.45, 7) is 0.888. The lowest BCUT2D eigenvalue weighted by Gasteiger charge is -2.16. The molecule has 7 heteroatoms. The van der Waals surface area contributed by atoms with Gasteiger partial charge in [0.2, 0.25) is 11.8 Å². The number of H-pyrrole nitrogens is 1. The fraction of sp³-hybridized carbons (Fsp3) is 0.238. The molecule has 2 aromatic carbocycles. The number of amides is 2. The molecular weight excluding hydrogens is 397 g/mol. The topological polar surface area (TPSA) is 65.2 Å². The second-order valence-corrected chi connectivity index (χ2v) is 7.80. The van der Waals surface area contributed by atoms with E-state index in [4.69, 9.17) is 23.2 Å². The van der Waals surface area contributed by atoms with Gasteiger partial charge in [0, 0.05) is 52.3 Å². The molecule has 1 atom stereocenters. The van der Waals surface area contributed by atoms with Crippen LogP contribution >= 0.6 is 23.2 Å². The maximum Gasteiger partial charge on any atom is 0.227 e. The van der Waals surface area contributed by atoms with Crippen molar-refractivity contribution in [1.29, 1.82) is 0 Å². The molecule has 1 saturated heterocycles. The van der Waals surface area contributed by atoms with Crippen molar-refractivity contribution in [2.45, 2.75) is 12.8 Å². The number of nitrogens with one attached hydrogen (secondary N) is 2. The van der Waals surface area contributed by atoms with Gasteiger partial charge >= 0.3 is 0 Å². The summed E-state index contributed by atoms with van der Waals surface area (Å²) in [4.78, 5) is 29.7. The summed E-state index contributed by atoms with van der Waals surface area (Å²) >= 11 is 12.0. The van der Waals surface area contributed by atoms with E-state index in [1.165, 1.54) is 0 Å². The number of anilines is 1. The van der Waals surface area contributed by atoms with Crippen LogP contribution in [-0.2, 0) is 16.0 Å². The van der Waals surface area contributed by atoms with Crippen LogP contribution in [0.1, 0.15) is 12.0 Å². The Labute approximate surface area is 172 Å². The predicted octanol–water partition coefficient (Wildman–Crippen LogP) is 4.19. The predicted molar refractivity (Wildman–Crippen MR) is 112 cm³/mol. The van der Waals surface area contributed by atoms with E-state index in [9.17, 15) is 9.59 Å². The minimum absolute atomic E-state index is 0.0475. The second-order valence-electron chi connectivity index (χ2n) is 6.93. The van der Waals surface area contributed by atoms with E-state index in [1.807, 2.05) is 24.4 Å². The molecule has 4 rings (SSSR count). The molecule has 0 aliphatic carbocycles. The zero-order valence-electron chi connectivity index (χ0n) is 15.0. The molecule has 1 aliphatic heterocycles. The first-order valence-corrected chi connectivity index (χ1v) is 9.86. The molecule has 0 unspecified atom stereocenters. The van der Waals surface area contributed by atoms with E-state index < -0.39 is 0 Å². The van der Waals surface area contributed by atoms with Crippen LogP contribution < -0.4 is 10.2 Å². The summed E-state index contributed by atoms with van der Waals surface area (Å²) in [6.07, 6.45) is 2.85. The van der Waals surface area contributed by atoms with Crippen molar-refractivity contribution in [3.63, 3.8) is 0 Å². The average Bonchev–Trinajstić information content (AvgIpc) is 3.26. The lowest BCUT2D eigenvalue weighted by atomic mass is 10.1. The van der Waals surface area contributed by atoms with Crippen molar-refractivity contribution < 1.29 is 9.59 Å². The average molecular weight is 416 g/mol. The Kier molecular flexibility index (Phi) is 5.29. The van der Waals surface area contributed by atoms with Crippen LogP contribution in [0.15, 0.2) is 48.7 Å². The van der Waals surface area contributed by atoms with Gasteiger partial charge in [-0.3, -0.25) is 9.59 Å². The van der Waals surface area contributed by atoms with Crippen molar-refractivity contribution in [3.05, 3.63) is 64.3 Å². The largest absolute Gasteiger partial charge is 0.361 e. The van der Waals surface area contributed by atoms with Crippen LogP contribution in [-0.4, -0.2) is 29.9 Å². The lowest BCUT2D eigenvalue weighted by Crippen LogP contribution is -2.34. The molecule has 1 fully saturated rings. The monoisotopic (exact) mass is 415 g/mol. The fourth-order valence-electron chi connectivity index (χ4n) is 3.58. The molecule has 5 nitrogen and oxygen atoms in total. The quantitative estimate of drug-likeness (QED) is 0.655. The van der Waals surface area contributed by atoms with E-state index in [-0.39, 0.29) is 24.2 Å². The molecule has 2 amide bonds. The van der Waals surface area contributed by atoms with Crippen molar-refractivity contribution in [2.24, 2.45) is 5.92 Å². The number of nitrogens with zero attached hydrogens (tertiary/aromatic N) is 1. The third-order valence-corrected chi connectivity index (χ3v) is 5.54. The molecule has 0 spiro atoms. The Morgan fingerprint density at radius 3 is 2.68 bits per heavy atom. The first kappa shape index (κ1) is 18.8. The maximum atomic E-state index is 12.5. The van der Waals surface area contributed by atoms with Crippen LogP contribution in [0.2, 0.25) is 10.0 Å². The molecule has 0 bridgehead atoms. The minimum Gasteiger partial charge on any atom is -0.361 e. The number of benzene rings is 2. The first-order valence-electron chi connectivity index (χ1n) is 9.10. The third-order valence-electron chi connectivity index (χ3n) is 5.06. The standard InChI is InChI=1S/C21H19Cl2N3O2/c22-15-1-4-17(5-2-15)26-12-14(9-20(26)27)21(28)24-8-7-13-11-25-19-6-3-16(23)10-18(13)19/h1-6,10-11,14,25H,7-9,12H2,(H,24,28)/t14-/m0/s1. The summed E-state index contributed by atoms with van der Waals surface area (Å²) in [5, 5.41) is 5.32. The van der Waals surface area contributed by atoms with Crippen LogP contribution in [0.25, 0.3) is 10.9 Å². The number of halogens is 2. The lowest BCUT2D eigenvalue weighted by molar-refractivity contribution is -0.126. The van der Waals surface area contributed by atoms with Gasteiger partial charge in [-0.15, -0.1) is 0 Å². The number of hydrogen-bond donors (Lipinski definition) is 2. The minimum atomic E-state index is -0.347. The number of rotatable bonds is 5. The number of fused-ring (bicyclic) bond motifs is 1. The van der Waals surface area contributed by atoms with Crippen molar-refractivity contribution in [2.75, 3.05) is 18.0 Å². The molecule has 1 aromatic heterocycles. The Hall–Kier alpha value is -2.50. The number of hydrogen-bond acceptors (Lipinski definition) is 2. The van der Waals surface area contributed by atoms with Gasteiger partial charge in [-0.2, -0.15) is 0 Å². The molecule has 1 aliphatic rings. The van der Waals surface area contributed by atoms with Crippen LogP contribution in [0.4, 0.5) is 5.69 Å². The van der Waals surface area contributed by atoms with E-state index in [1.54, 1.807) is 29.2 Å². The highest BCUT2D eigenvalue weighted by Crippen LogP contribution is 2.26. The maximum absolute atomic E-state index is 12.5. The Balaban J connectivity index is 1.34. The van der Waals surface area contributed by atoms with Gasteiger partial charge in [0.1, 0.15) is 0 Å². The molecule has 0 radical (unpaired) electrons. The third kappa shape index (κ3) is 3.86. The molecule has 144 valence electrons. The highest BCUT2D eigenvalue weighted by molar-refractivity contribution is 6.31.